The molecule has 0 nitrogen and oxygen atoms in total. The van der Waals surface area contributed by atoms with Gasteiger partial charge in [0.15, 0.2) is 0 Å². The molecule has 0 unspecified atom stereocenters. The number of hydrogen-bond donors (Lipinski definition) is 0. The van der Waals surface area contributed by atoms with E-state index in [1.807, 2.05) is 20.8 Å². The Bertz CT molecular complexity index is 137. The van der Waals surface area contributed by atoms with Crippen LogP contribution in [-0.2, 0) is 0 Å². The maximum absolute atomic E-state index is 5.60. The molecule has 3 heteroatoms. The van der Waals surface area contributed by atoms with Crippen LogP contribution in [-0.4, -0.2) is 0 Å². The molecule has 10 heavy (non-hydrogen) atoms. The van der Waals surface area contributed by atoms with Crippen molar-refractivity contribution in [2.75, 3.05) is 0 Å². The Balaban J connectivity index is 4.06. The first kappa shape index (κ1) is 10.6. The second-order valence-electron chi connectivity index (χ2n) is 2.95. The van der Waals surface area contributed by atoms with Crippen LogP contribution in [0.15, 0.2) is 9.52 Å². The van der Waals surface area contributed by atoms with E-state index in [2.05, 4.69) is 6.42 Å². The van der Waals surface area contributed by atoms with Crippen LogP contribution in [0.25, 0.3) is 0 Å². The first-order valence-electron chi connectivity index (χ1n) is 2.82. The number of halogens is 3. The average molecular weight is 200 g/mol. The van der Waals surface area contributed by atoms with Crippen molar-refractivity contribution in [2.24, 2.45) is 5.41 Å². The summed E-state index contributed by atoms with van der Waals surface area (Å²) in [6.45, 7) is 5.89. The van der Waals surface area contributed by atoms with Crippen LogP contribution in [0.2, 0.25) is 0 Å². The van der Waals surface area contributed by atoms with E-state index in [4.69, 9.17) is 34.8 Å². The van der Waals surface area contributed by atoms with E-state index in [1.54, 1.807) is 0 Å². The second-order valence-corrected chi connectivity index (χ2v) is 4.28. The Hall–Kier alpha value is 0.610. The Kier molecular flexibility index (Phi) is 4.08. The second kappa shape index (κ2) is 3.85. The van der Waals surface area contributed by atoms with Gasteiger partial charge < -0.3 is 0 Å². The maximum Gasteiger partial charge on any atom is 0.121 e. The standard InChI is InChI=1S/C7H9Cl3/c1-7(2,3)4-5(8)6(9)10/h1-3H3. The molecule has 58 valence electrons. The molecule has 0 N–H and O–H groups in total. The fourth-order valence-electron chi connectivity index (χ4n) is 0.376. The molecular weight excluding hydrogens is 190 g/mol. The molecule has 0 aliphatic rings. The quantitative estimate of drug-likeness (QED) is 0.599. The monoisotopic (exact) mass is 198 g/mol. The van der Waals surface area contributed by atoms with Crippen LogP contribution in [0.5, 0.6) is 0 Å². The lowest BCUT2D eigenvalue weighted by Crippen LogP contribution is -2.05. The van der Waals surface area contributed by atoms with Crippen LogP contribution in [0.1, 0.15) is 20.8 Å². The summed E-state index contributed by atoms with van der Waals surface area (Å²) in [6, 6.07) is 0. The predicted molar refractivity (Wildman–Crippen MR) is 47.3 cm³/mol. The summed E-state index contributed by atoms with van der Waals surface area (Å²) >= 11 is 16.4. The highest BCUT2D eigenvalue weighted by molar-refractivity contribution is 6.59. The fourth-order valence-corrected chi connectivity index (χ4v) is 0.754. The minimum atomic E-state index is -0.105. The summed E-state index contributed by atoms with van der Waals surface area (Å²) in [6.07, 6.45) is 2.90. The van der Waals surface area contributed by atoms with E-state index >= 15 is 0 Å². The Morgan fingerprint density at radius 2 is 1.50 bits per heavy atom. The van der Waals surface area contributed by atoms with Gasteiger partial charge in [0.05, 0.1) is 5.03 Å². The van der Waals surface area contributed by atoms with Crippen LogP contribution in [0, 0.1) is 11.8 Å². The number of allylic oxidation sites excluding steroid dienone is 1. The number of rotatable bonds is 1. The minimum absolute atomic E-state index is 0.0663. The van der Waals surface area contributed by atoms with Crippen LogP contribution >= 0.6 is 34.8 Å². The summed E-state index contributed by atoms with van der Waals surface area (Å²) in [5, 5.41) is 0.288. The summed E-state index contributed by atoms with van der Waals surface area (Å²) < 4.78 is 0.0663. The summed E-state index contributed by atoms with van der Waals surface area (Å²) in [5.41, 5.74) is -0.105. The van der Waals surface area contributed by atoms with Gasteiger partial charge >= 0.3 is 0 Å². The summed E-state index contributed by atoms with van der Waals surface area (Å²) in [5.74, 6) is 0. The van der Waals surface area contributed by atoms with E-state index in [-0.39, 0.29) is 14.9 Å². The zero-order valence-electron chi connectivity index (χ0n) is 6.13. The van der Waals surface area contributed by atoms with Crippen molar-refractivity contribution < 1.29 is 0 Å². The molecule has 0 aromatic rings. The lowest BCUT2D eigenvalue weighted by molar-refractivity contribution is 0.508. The highest BCUT2D eigenvalue weighted by atomic mass is 35.5. The normalized spacial score (nSPS) is 11.4. The van der Waals surface area contributed by atoms with E-state index < -0.39 is 0 Å². The number of hydrogen-bond acceptors (Lipinski definition) is 0. The predicted octanol–water partition coefficient (Wildman–Crippen LogP) is 4.00. The molecule has 0 heterocycles. The molecule has 0 aromatic carbocycles. The largest absolute Gasteiger partial charge is 0.121 e. The minimum Gasteiger partial charge on any atom is -0.0858 e. The van der Waals surface area contributed by atoms with Crippen molar-refractivity contribution in [3.8, 4) is 0 Å². The molecule has 0 saturated carbocycles. The SMILES string of the molecule is CC(C)(C)[C]C(Cl)=C(Cl)Cl. The highest BCUT2D eigenvalue weighted by Gasteiger charge is 2.14. The van der Waals surface area contributed by atoms with Gasteiger partial charge in [-0.3, -0.25) is 0 Å². The third kappa shape index (κ3) is 5.40. The Morgan fingerprint density at radius 3 is 1.60 bits per heavy atom. The van der Waals surface area contributed by atoms with Crippen molar-refractivity contribution in [2.45, 2.75) is 20.8 Å². The molecule has 0 amide bonds. The molecule has 0 aliphatic carbocycles. The smallest absolute Gasteiger partial charge is 0.0858 e. The van der Waals surface area contributed by atoms with E-state index in [1.165, 1.54) is 0 Å². The molecule has 0 spiro atoms. The van der Waals surface area contributed by atoms with Crippen LogP contribution < -0.4 is 0 Å². The van der Waals surface area contributed by atoms with E-state index in [9.17, 15) is 0 Å². The average Bonchev–Trinajstić information content (AvgIpc) is 1.60. The van der Waals surface area contributed by atoms with Crippen molar-refractivity contribution in [3.63, 3.8) is 0 Å². The van der Waals surface area contributed by atoms with Gasteiger partial charge in [-0.05, 0) is 5.41 Å². The van der Waals surface area contributed by atoms with Crippen molar-refractivity contribution in [1.29, 1.82) is 0 Å². The van der Waals surface area contributed by atoms with Crippen molar-refractivity contribution in [3.05, 3.63) is 15.9 Å². The Morgan fingerprint density at radius 1 is 1.10 bits per heavy atom. The van der Waals surface area contributed by atoms with Gasteiger partial charge in [0.2, 0.25) is 0 Å². The molecule has 0 fully saturated rings. The van der Waals surface area contributed by atoms with E-state index in [0.717, 1.165) is 0 Å². The van der Waals surface area contributed by atoms with Gasteiger partial charge in [-0.1, -0.05) is 55.6 Å². The van der Waals surface area contributed by atoms with Gasteiger partial charge in [-0.15, -0.1) is 0 Å². The van der Waals surface area contributed by atoms with Crippen molar-refractivity contribution >= 4 is 34.8 Å². The van der Waals surface area contributed by atoms with Gasteiger partial charge in [0.25, 0.3) is 0 Å². The highest BCUT2D eigenvalue weighted by Crippen LogP contribution is 2.29. The zero-order valence-corrected chi connectivity index (χ0v) is 8.40. The molecular formula is C7H9Cl3. The van der Waals surface area contributed by atoms with Crippen LogP contribution in [0.3, 0.4) is 0 Å². The van der Waals surface area contributed by atoms with Gasteiger partial charge in [-0.25, -0.2) is 0 Å². The summed E-state index contributed by atoms with van der Waals surface area (Å²) in [4.78, 5) is 0. The molecule has 0 bridgehead atoms. The lowest BCUT2D eigenvalue weighted by atomic mass is 9.92. The molecule has 0 aliphatic heterocycles. The molecule has 0 rings (SSSR count). The third-order valence-electron chi connectivity index (χ3n) is 0.651. The van der Waals surface area contributed by atoms with E-state index in [0.29, 0.717) is 0 Å². The fraction of sp³-hybridized carbons (Fsp3) is 0.571. The Labute approximate surface area is 77.1 Å². The first-order valence-corrected chi connectivity index (χ1v) is 3.95. The molecule has 2 radical (unpaired) electrons. The lowest BCUT2D eigenvalue weighted by Gasteiger charge is -2.15. The molecule has 0 saturated heterocycles. The van der Waals surface area contributed by atoms with Gasteiger partial charge in [0.1, 0.15) is 4.49 Å². The molecule has 0 aromatic heterocycles. The van der Waals surface area contributed by atoms with Gasteiger partial charge in [-0.2, -0.15) is 0 Å². The van der Waals surface area contributed by atoms with Crippen molar-refractivity contribution in [1.82, 2.24) is 0 Å². The topological polar surface area (TPSA) is 0 Å². The summed E-state index contributed by atoms with van der Waals surface area (Å²) in [7, 11) is 0. The third-order valence-corrected chi connectivity index (χ3v) is 1.51. The molecule has 0 atom stereocenters. The maximum atomic E-state index is 5.60. The first-order chi connectivity index (χ1) is 4.33. The van der Waals surface area contributed by atoms with Crippen LogP contribution in [0.4, 0.5) is 0 Å². The zero-order chi connectivity index (χ0) is 8.36. The van der Waals surface area contributed by atoms with Gasteiger partial charge in [0, 0.05) is 6.42 Å².